The van der Waals surface area contributed by atoms with Crippen LogP contribution >= 0.6 is 0 Å². The molecule has 30 heavy (non-hydrogen) atoms. The Morgan fingerprint density at radius 2 is 1.83 bits per heavy atom. The second kappa shape index (κ2) is 14.0. The average molecular weight is 435 g/mol. The molecule has 2 rings (SSSR count). The predicted octanol–water partition coefficient (Wildman–Crippen LogP) is -0.274. The van der Waals surface area contributed by atoms with Crippen molar-refractivity contribution in [3.63, 3.8) is 0 Å². The normalized spacial score (nSPS) is 13.6. The molecule has 0 unspecified atom stereocenters. The van der Waals surface area contributed by atoms with Crippen LogP contribution in [-0.2, 0) is 17.8 Å². The van der Waals surface area contributed by atoms with Crippen LogP contribution in [0, 0.1) is 5.92 Å². The zero-order valence-corrected chi connectivity index (χ0v) is 18.8. The second-order valence-electron chi connectivity index (χ2n) is 7.73. The molecular formula is C24H35ClN2O3. The summed E-state index contributed by atoms with van der Waals surface area (Å²) in [7, 11) is 0. The van der Waals surface area contributed by atoms with Crippen LogP contribution in [0.4, 0.5) is 0 Å². The van der Waals surface area contributed by atoms with Gasteiger partial charge in [0, 0.05) is 18.9 Å². The molecule has 0 aliphatic carbocycles. The maximum Gasteiger partial charge on any atom is 0.222 e. The summed E-state index contributed by atoms with van der Waals surface area (Å²) in [6.45, 7) is 5.16. The first-order valence-electron chi connectivity index (χ1n) is 10.5. The van der Waals surface area contributed by atoms with Crippen molar-refractivity contribution in [2.24, 2.45) is 5.92 Å². The van der Waals surface area contributed by atoms with E-state index in [1.54, 1.807) is 0 Å². The number of aliphatic hydroxyl groups excluding tert-OH is 1. The maximum absolute atomic E-state index is 12.1. The number of carbonyl (C=O) groups excluding carboxylic acids is 1. The minimum atomic E-state index is -0.629. The maximum atomic E-state index is 12.1. The van der Waals surface area contributed by atoms with Crippen molar-refractivity contribution in [1.29, 1.82) is 0 Å². The van der Waals surface area contributed by atoms with E-state index in [1.165, 1.54) is 0 Å². The van der Waals surface area contributed by atoms with E-state index in [1.807, 2.05) is 61.5 Å². The van der Waals surface area contributed by atoms with Gasteiger partial charge in [-0.15, -0.1) is 0 Å². The van der Waals surface area contributed by atoms with Gasteiger partial charge >= 0.3 is 0 Å². The van der Waals surface area contributed by atoms with Crippen molar-refractivity contribution in [3.05, 3.63) is 65.7 Å². The summed E-state index contributed by atoms with van der Waals surface area (Å²) < 4.78 is 5.88. The number of hydrogen-bond acceptors (Lipinski definition) is 3. The van der Waals surface area contributed by atoms with Gasteiger partial charge in [0.05, 0.1) is 0 Å². The van der Waals surface area contributed by atoms with Crippen LogP contribution in [0.5, 0.6) is 5.75 Å². The number of unbranched alkanes of at least 4 members (excludes halogenated alkanes) is 1. The number of nitrogens with one attached hydrogen (secondary N) is 1. The molecule has 2 aromatic rings. The number of aliphatic hydroxyl groups is 1. The van der Waals surface area contributed by atoms with Gasteiger partial charge < -0.3 is 33.3 Å². The van der Waals surface area contributed by atoms with Gasteiger partial charge in [-0.2, -0.15) is 0 Å². The molecule has 0 saturated heterocycles. The predicted molar refractivity (Wildman–Crippen MR) is 115 cm³/mol. The molecule has 3 atom stereocenters. The van der Waals surface area contributed by atoms with Crippen LogP contribution < -0.4 is 28.2 Å². The van der Waals surface area contributed by atoms with Crippen molar-refractivity contribution in [1.82, 2.24) is 5.32 Å². The topological polar surface area (TPSA) is 86.2 Å². The third-order valence-corrected chi connectivity index (χ3v) is 5.06. The second-order valence-corrected chi connectivity index (χ2v) is 7.73. The van der Waals surface area contributed by atoms with Crippen molar-refractivity contribution in [2.75, 3.05) is 6.54 Å². The molecule has 0 fully saturated rings. The van der Waals surface area contributed by atoms with Gasteiger partial charge in [-0.25, -0.2) is 0 Å². The minimum Gasteiger partial charge on any atom is -1.00 e. The number of halogens is 1. The van der Waals surface area contributed by atoms with Gasteiger partial charge in [-0.05, 0) is 36.1 Å². The molecule has 0 spiro atoms. The number of quaternary nitrogens is 1. The molecule has 2 aromatic carbocycles. The van der Waals surface area contributed by atoms with E-state index in [-0.39, 0.29) is 30.3 Å². The SMILES string of the molecule is CCCCNC(=O)[C@H](C)C[C@H](O)[C@@H]([NH3+])Cc1cccc(OCc2ccccc2)c1.[Cl-]. The Morgan fingerprint density at radius 1 is 1.13 bits per heavy atom. The number of carbonyl (C=O) groups is 1. The van der Waals surface area contributed by atoms with E-state index in [0.29, 0.717) is 26.0 Å². The fraction of sp³-hybridized carbons (Fsp3) is 0.458. The van der Waals surface area contributed by atoms with Crippen molar-refractivity contribution < 1.29 is 32.8 Å². The molecule has 5 nitrogen and oxygen atoms in total. The summed E-state index contributed by atoms with van der Waals surface area (Å²) in [5.41, 5.74) is 6.31. The molecule has 1 amide bonds. The Labute approximate surface area is 186 Å². The first-order valence-corrected chi connectivity index (χ1v) is 10.5. The lowest BCUT2D eigenvalue weighted by Gasteiger charge is -2.20. The highest BCUT2D eigenvalue weighted by Crippen LogP contribution is 2.18. The Bertz CT molecular complexity index is 742. The van der Waals surface area contributed by atoms with Gasteiger partial charge in [-0.1, -0.05) is 62.7 Å². The van der Waals surface area contributed by atoms with Crippen LogP contribution in [0.2, 0.25) is 0 Å². The molecule has 6 heteroatoms. The zero-order chi connectivity index (χ0) is 21.1. The molecule has 0 aliphatic rings. The molecule has 166 valence electrons. The monoisotopic (exact) mass is 434 g/mol. The number of hydrogen-bond donors (Lipinski definition) is 3. The quantitative estimate of drug-likeness (QED) is 0.402. The highest BCUT2D eigenvalue weighted by molar-refractivity contribution is 5.78. The molecule has 0 aromatic heterocycles. The Morgan fingerprint density at radius 3 is 2.53 bits per heavy atom. The third-order valence-electron chi connectivity index (χ3n) is 5.06. The fourth-order valence-corrected chi connectivity index (χ4v) is 3.17. The molecule has 0 saturated carbocycles. The summed E-state index contributed by atoms with van der Waals surface area (Å²) in [5, 5.41) is 13.4. The molecule has 0 radical (unpaired) electrons. The lowest BCUT2D eigenvalue weighted by atomic mass is 9.94. The fourth-order valence-electron chi connectivity index (χ4n) is 3.17. The number of ether oxygens (including phenoxy) is 1. The summed E-state index contributed by atoms with van der Waals surface area (Å²) in [4.78, 5) is 12.1. The van der Waals surface area contributed by atoms with Gasteiger partial charge in [0.15, 0.2) is 0 Å². The Hall–Kier alpha value is -2.08. The zero-order valence-electron chi connectivity index (χ0n) is 18.0. The largest absolute Gasteiger partial charge is 1.00 e. The molecule has 5 N–H and O–H groups in total. The highest BCUT2D eigenvalue weighted by Gasteiger charge is 2.24. The standard InChI is InChI=1S/C24H34N2O3.ClH/c1-3-4-13-26-24(28)18(2)14-23(27)22(25)16-20-11-8-12-21(15-20)29-17-19-9-6-5-7-10-19;/h5-12,15,18,22-23,27H,3-4,13-14,16-17,25H2,1-2H3,(H,26,28);1H/t18-,22+,23+;/m1./s1. The van der Waals surface area contributed by atoms with Crippen LogP contribution in [0.3, 0.4) is 0 Å². The molecular weight excluding hydrogens is 400 g/mol. The minimum absolute atomic E-state index is 0. The van der Waals surface area contributed by atoms with E-state index >= 15 is 0 Å². The lowest BCUT2D eigenvalue weighted by Crippen LogP contribution is -3.00. The Kier molecular flexibility index (Phi) is 12.1. The van der Waals surface area contributed by atoms with E-state index < -0.39 is 6.10 Å². The van der Waals surface area contributed by atoms with E-state index in [9.17, 15) is 9.90 Å². The summed E-state index contributed by atoms with van der Waals surface area (Å²) >= 11 is 0. The molecule has 0 bridgehead atoms. The molecule has 0 heterocycles. The van der Waals surface area contributed by atoms with E-state index in [0.717, 1.165) is 29.7 Å². The number of benzene rings is 2. The summed E-state index contributed by atoms with van der Waals surface area (Å²) in [6, 6.07) is 17.8. The first-order chi connectivity index (χ1) is 14.0. The Balaban J connectivity index is 0.00000450. The third kappa shape index (κ3) is 9.16. The van der Waals surface area contributed by atoms with Crippen molar-refractivity contribution >= 4 is 5.91 Å². The van der Waals surface area contributed by atoms with Crippen molar-refractivity contribution in [3.8, 4) is 5.75 Å². The van der Waals surface area contributed by atoms with Crippen LogP contribution in [0.1, 0.15) is 44.2 Å². The van der Waals surface area contributed by atoms with Gasteiger partial charge in [0.1, 0.15) is 24.5 Å². The van der Waals surface area contributed by atoms with E-state index in [2.05, 4.69) is 18.0 Å². The van der Waals surface area contributed by atoms with Crippen LogP contribution in [-0.4, -0.2) is 29.7 Å². The van der Waals surface area contributed by atoms with Crippen LogP contribution in [0.15, 0.2) is 54.6 Å². The highest BCUT2D eigenvalue weighted by atomic mass is 35.5. The summed E-state index contributed by atoms with van der Waals surface area (Å²) in [6.07, 6.45) is 2.44. The van der Waals surface area contributed by atoms with E-state index in [4.69, 9.17) is 4.74 Å². The number of rotatable bonds is 12. The smallest absolute Gasteiger partial charge is 0.222 e. The first kappa shape index (κ1) is 26.0. The van der Waals surface area contributed by atoms with Gasteiger partial charge in [0.25, 0.3) is 0 Å². The van der Waals surface area contributed by atoms with Crippen LogP contribution in [0.25, 0.3) is 0 Å². The lowest BCUT2D eigenvalue weighted by molar-refractivity contribution is -0.437. The van der Waals surface area contributed by atoms with Crippen molar-refractivity contribution in [2.45, 2.75) is 58.3 Å². The number of amides is 1. The summed E-state index contributed by atoms with van der Waals surface area (Å²) in [5.74, 6) is 0.573. The van der Waals surface area contributed by atoms with Gasteiger partial charge in [-0.3, -0.25) is 4.79 Å². The van der Waals surface area contributed by atoms with Gasteiger partial charge in [0.2, 0.25) is 5.91 Å². The average Bonchev–Trinajstić information content (AvgIpc) is 2.73. The molecule has 0 aliphatic heterocycles.